The molecule has 0 aliphatic heterocycles. The summed E-state index contributed by atoms with van der Waals surface area (Å²) in [5.74, 6) is -0.683. The molecular weight excluding hydrogens is 417 g/mol. The Balaban J connectivity index is 2.13. The predicted molar refractivity (Wildman–Crippen MR) is 96.4 cm³/mol. The lowest BCUT2D eigenvalue weighted by molar-refractivity contribution is -0.143. The van der Waals surface area contributed by atoms with Gasteiger partial charge in [-0.15, -0.1) is 0 Å². The molecule has 166 valence electrons. The number of alkyl halides is 6. The highest BCUT2D eigenvalue weighted by molar-refractivity contribution is 5.33. The van der Waals surface area contributed by atoms with Gasteiger partial charge in [0, 0.05) is 19.1 Å². The summed E-state index contributed by atoms with van der Waals surface area (Å²) >= 11 is 0. The van der Waals surface area contributed by atoms with Crippen molar-refractivity contribution in [1.82, 2.24) is 0 Å². The first kappa shape index (κ1) is 24.1. The Morgan fingerprint density at radius 3 is 1.90 bits per heavy atom. The highest BCUT2D eigenvalue weighted by Gasteiger charge is 2.36. The van der Waals surface area contributed by atoms with E-state index in [1.165, 1.54) is 12.1 Å². The average molecular weight is 438 g/mol. The maximum atomic E-state index is 13.2. The molecule has 0 bridgehead atoms. The Morgan fingerprint density at radius 2 is 1.40 bits per heavy atom. The molecule has 2 aromatic rings. The van der Waals surface area contributed by atoms with Gasteiger partial charge >= 0.3 is 12.4 Å². The molecule has 30 heavy (non-hydrogen) atoms. The summed E-state index contributed by atoms with van der Waals surface area (Å²) in [6.45, 7) is 2.27. The molecule has 0 aromatic heterocycles. The predicted octanol–water partition coefficient (Wildman–Crippen LogP) is 6.59. The van der Waals surface area contributed by atoms with Gasteiger partial charge in [0.2, 0.25) is 0 Å². The Hall–Kier alpha value is -2.13. The SMILES string of the molecule is CCOCCC(COCc1cc(C(F)(F)F)cc(C(F)(F)F)c1)c1ccc(F)cc1. The van der Waals surface area contributed by atoms with Gasteiger partial charge in [0.15, 0.2) is 0 Å². The van der Waals surface area contributed by atoms with Crippen LogP contribution in [0, 0.1) is 5.82 Å². The maximum Gasteiger partial charge on any atom is 0.416 e. The minimum Gasteiger partial charge on any atom is -0.382 e. The fourth-order valence-electron chi connectivity index (χ4n) is 2.87. The molecule has 0 fully saturated rings. The Labute approximate surface area is 169 Å². The summed E-state index contributed by atoms with van der Waals surface area (Å²) in [5, 5.41) is 0. The molecule has 0 heterocycles. The van der Waals surface area contributed by atoms with E-state index in [-0.39, 0.29) is 24.2 Å². The Kier molecular flexibility index (Phi) is 8.25. The highest BCUT2D eigenvalue weighted by Crippen LogP contribution is 2.36. The van der Waals surface area contributed by atoms with Crippen LogP contribution >= 0.6 is 0 Å². The van der Waals surface area contributed by atoms with E-state index in [0.29, 0.717) is 31.8 Å². The van der Waals surface area contributed by atoms with Crippen LogP contribution in [0.15, 0.2) is 42.5 Å². The minimum atomic E-state index is -4.91. The molecule has 2 nitrogen and oxygen atoms in total. The minimum absolute atomic E-state index is 0.0241. The van der Waals surface area contributed by atoms with Crippen LogP contribution in [0.1, 0.15) is 41.5 Å². The van der Waals surface area contributed by atoms with Gasteiger partial charge in [0.05, 0.1) is 24.3 Å². The Morgan fingerprint density at radius 1 is 0.833 bits per heavy atom. The lowest BCUT2D eigenvalue weighted by Gasteiger charge is -2.19. The van der Waals surface area contributed by atoms with E-state index in [1.807, 2.05) is 6.92 Å². The summed E-state index contributed by atoms with van der Waals surface area (Å²) in [7, 11) is 0. The van der Waals surface area contributed by atoms with Crippen LogP contribution in [0.2, 0.25) is 0 Å². The fraction of sp³-hybridized carbons (Fsp3) is 0.429. The van der Waals surface area contributed by atoms with Crippen LogP contribution in [-0.4, -0.2) is 19.8 Å². The van der Waals surface area contributed by atoms with Gasteiger partial charge in [-0.2, -0.15) is 26.3 Å². The summed E-state index contributed by atoms with van der Waals surface area (Å²) in [6, 6.07) is 7.01. The lowest BCUT2D eigenvalue weighted by Crippen LogP contribution is -2.14. The van der Waals surface area contributed by atoms with E-state index in [4.69, 9.17) is 9.47 Å². The standard InChI is InChI=1S/C21H21F7O2/c1-2-29-8-7-16(15-3-5-19(22)6-4-15)13-30-12-14-9-17(20(23,24)25)11-18(10-14)21(26,27)28/h3-6,9-11,16H,2,7-8,12-13H2,1H3. The molecule has 0 N–H and O–H groups in total. The highest BCUT2D eigenvalue weighted by atomic mass is 19.4. The first-order chi connectivity index (χ1) is 14.0. The second-order valence-corrected chi connectivity index (χ2v) is 6.66. The molecule has 2 aromatic carbocycles. The molecule has 1 unspecified atom stereocenters. The third kappa shape index (κ3) is 7.28. The lowest BCUT2D eigenvalue weighted by atomic mass is 9.97. The molecule has 0 radical (unpaired) electrons. The van der Waals surface area contributed by atoms with Crippen LogP contribution in [-0.2, 0) is 28.4 Å². The van der Waals surface area contributed by atoms with Crippen molar-refractivity contribution in [3.8, 4) is 0 Å². The van der Waals surface area contributed by atoms with Crippen molar-refractivity contribution in [2.75, 3.05) is 19.8 Å². The molecule has 0 amide bonds. The van der Waals surface area contributed by atoms with Crippen molar-refractivity contribution < 1.29 is 40.2 Å². The van der Waals surface area contributed by atoms with Crippen molar-refractivity contribution in [2.24, 2.45) is 0 Å². The van der Waals surface area contributed by atoms with E-state index in [9.17, 15) is 30.7 Å². The van der Waals surface area contributed by atoms with E-state index in [1.54, 1.807) is 12.1 Å². The van der Waals surface area contributed by atoms with Gasteiger partial charge in [0.25, 0.3) is 0 Å². The number of hydrogen-bond donors (Lipinski definition) is 0. The largest absolute Gasteiger partial charge is 0.416 e. The van der Waals surface area contributed by atoms with Crippen molar-refractivity contribution in [1.29, 1.82) is 0 Å². The smallest absolute Gasteiger partial charge is 0.382 e. The van der Waals surface area contributed by atoms with Crippen molar-refractivity contribution in [3.05, 3.63) is 70.5 Å². The molecular formula is C21H21F7O2. The van der Waals surface area contributed by atoms with Crippen molar-refractivity contribution in [3.63, 3.8) is 0 Å². The first-order valence-electron chi connectivity index (χ1n) is 9.20. The molecule has 0 spiro atoms. The van der Waals surface area contributed by atoms with Crippen LogP contribution in [0.4, 0.5) is 30.7 Å². The maximum absolute atomic E-state index is 13.2. The van der Waals surface area contributed by atoms with Gasteiger partial charge in [-0.1, -0.05) is 12.1 Å². The Bertz CT molecular complexity index is 766. The first-order valence-corrected chi connectivity index (χ1v) is 9.20. The third-order valence-electron chi connectivity index (χ3n) is 4.39. The molecule has 0 saturated carbocycles. The molecule has 1 atom stereocenters. The second-order valence-electron chi connectivity index (χ2n) is 6.66. The molecule has 2 rings (SSSR count). The zero-order chi connectivity index (χ0) is 22.4. The normalized spacial score (nSPS) is 13.5. The second kappa shape index (κ2) is 10.3. The van der Waals surface area contributed by atoms with E-state index in [2.05, 4.69) is 0 Å². The molecule has 0 saturated heterocycles. The number of rotatable bonds is 9. The molecule has 9 heteroatoms. The van der Waals surface area contributed by atoms with Crippen LogP contribution in [0.25, 0.3) is 0 Å². The quantitative estimate of drug-likeness (QED) is 0.325. The van der Waals surface area contributed by atoms with Crippen LogP contribution in [0.5, 0.6) is 0 Å². The van der Waals surface area contributed by atoms with E-state index < -0.39 is 35.9 Å². The summed E-state index contributed by atoms with van der Waals surface area (Å²) in [5.41, 5.74) is -2.28. The number of benzene rings is 2. The van der Waals surface area contributed by atoms with Gasteiger partial charge < -0.3 is 9.47 Å². The zero-order valence-electron chi connectivity index (χ0n) is 16.1. The third-order valence-corrected chi connectivity index (χ3v) is 4.39. The van der Waals surface area contributed by atoms with Gasteiger partial charge in [0.1, 0.15) is 5.82 Å². The molecule has 0 aliphatic rings. The van der Waals surface area contributed by atoms with Gasteiger partial charge in [-0.05, 0) is 54.8 Å². The monoisotopic (exact) mass is 438 g/mol. The van der Waals surface area contributed by atoms with Crippen LogP contribution in [0.3, 0.4) is 0 Å². The summed E-state index contributed by atoms with van der Waals surface area (Å²) in [4.78, 5) is 0. The van der Waals surface area contributed by atoms with E-state index in [0.717, 1.165) is 5.56 Å². The summed E-state index contributed by atoms with van der Waals surface area (Å²) < 4.78 is 102. The fourth-order valence-corrected chi connectivity index (χ4v) is 2.87. The van der Waals surface area contributed by atoms with Crippen molar-refractivity contribution >= 4 is 0 Å². The van der Waals surface area contributed by atoms with E-state index >= 15 is 0 Å². The summed E-state index contributed by atoms with van der Waals surface area (Å²) in [6.07, 6.45) is -9.33. The average Bonchev–Trinajstić information content (AvgIpc) is 2.66. The number of halogens is 7. The van der Waals surface area contributed by atoms with Crippen molar-refractivity contribution in [2.45, 2.75) is 38.2 Å². The van der Waals surface area contributed by atoms with Crippen LogP contribution < -0.4 is 0 Å². The topological polar surface area (TPSA) is 18.5 Å². The van der Waals surface area contributed by atoms with Gasteiger partial charge in [-0.25, -0.2) is 4.39 Å². The number of hydrogen-bond acceptors (Lipinski definition) is 2. The number of ether oxygens (including phenoxy) is 2. The van der Waals surface area contributed by atoms with Gasteiger partial charge in [-0.3, -0.25) is 0 Å². The zero-order valence-corrected chi connectivity index (χ0v) is 16.1. The molecule has 0 aliphatic carbocycles.